The molecular weight excluding hydrogens is 593 g/mol. The number of anilines is 1. The molecule has 0 spiro atoms. The molecule has 0 aliphatic carbocycles. The number of halogens is 3. The third-order valence-electron chi connectivity index (χ3n) is 6.23. The van der Waals surface area contributed by atoms with Crippen LogP contribution in [0.2, 0.25) is 15.1 Å². The second-order valence-electron chi connectivity index (χ2n) is 9.36. The molecule has 0 aromatic heterocycles. The lowest BCUT2D eigenvalue weighted by molar-refractivity contribution is -0.140. The number of hydrogen-bond acceptors (Lipinski definition) is 4. The third-order valence-corrected chi connectivity index (χ3v) is 8.19. The van der Waals surface area contributed by atoms with Crippen LogP contribution in [-0.4, -0.2) is 50.5 Å². The summed E-state index contributed by atoms with van der Waals surface area (Å²) >= 11 is 18.7. The number of carbonyl (C=O) groups is 2. The average Bonchev–Trinajstić information content (AvgIpc) is 2.90. The van der Waals surface area contributed by atoms with Crippen molar-refractivity contribution in [1.82, 2.24) is 10.2 Å². The molecule has 0 aliphatic rings. The molecule has 0 heterocycles. The van der Waals surface area contributed by atoms with Crippen LogP contribution in [0.1, 0.15) is 30.9 Å². The molecule has 1 N–H and O–H groups in total. The van der Waals surface area contributed by atoms with Gasteiger partial charge in [0.2, 0.25) is 21.8 Å². The molecule has 0 saturated heterocycles. The first-order valence-corrected chi connectivity index (χ1v) is 15.8. The number of benzene rings is 3. The van der Waals surface area contributed by atoms with Gasteiger partial charge in [-0.3, -0.25) is 13.9 Å². The van der Waals surface area contributed by atoms with Gasteiger partial charge in [-0.15, -0.1) is 0 Å². The second kappa shape index (κ2) is 14.7. The van der Waals surface area contributed by atoms with Crippen LogP contribution in [0.3, 0.4) is 0 Å². The highest BCUT2D eigenvalue weighted by molar-refractivity contribution is 7.92. The summed E-state index contributed by atoms with van der Waals surface area (Å²) in [5.74, 6) is -0.924. The van der Waals surface area contributed by atoms with Crippen LogP contribution in [0.5, 0.6) is 0 Å². The first-order valence-electron chi connectivity index (χ1n) is 12.8. The fourth-order valence-electron chi connectivity index (χ4n) is 4.14. The van der Waals surface area contributed by atoms with Crippen molar-refractivity contribution in [2.45, 2.75) is 38.8 Å². The van der Waals surface area contributed by atoms with Crippen LogP contribution >= 0.6 is 34.8 Å². The van der Waals surface area contributed by atoms with E-state index in [1.807, 2.05) is 37.3 Å². The van der Waals surface area contributed by atoms with Gasteiger partial charge in [-0.05, 0) is 47.9 Å². The minimum Gasteiger partial charge on any atom is -0.354 e. The fourth-order valence-corrected chi connectivity index (χ4v) is 5.63. The number of rotatable bonds is 13. The molecule has 3 aromatic carbocycles. The monoisotopic (exact) mass is 623 g/mol. The molecular formula is C29H32Cl3N3O4S. The molecule has 2 amide bonds. The number of nitrogens with one attached hydrogen (secondary N) is 1. The van der Waals surface area contributed by atoms with Crippen LogP contribution in [0.4, 0.5) is 5.69 Å². The topological polar surface area (TPSA) is 86.8 Å². The number of amides is 2. The van der Waals surface area contributed by atoms with E-state index in [1.54, 1.807) is 36.4 Å². The van der Waals surface area contributed by atoms with Gasteiger partial charge in [-0.25, -0.2) is 8.42 Å². The Kier molecular flexibility index (Phi) is 11.7. The number of nitrogens with zero attached hydrogens (tertiary/aromatic N) is 2. The van der Waals surface area contributed by atoms with E-state index in [0.29, 0.717) is 27.2 Å². The summed E-state index contributed by atoms with van der Waals surface area (Å²) in [5, 5.41) is 4.00. The molecule has 0 bridgehead atoms. The molecule has 40 heavy (non-hydrogen) atoms. The summed E-state index contributed by atoms with van der Waals surface area (Å²) in [5.41, 5.74) is 1.64. The SMILES string of the molecule is CCCCNC(=O)C(Cc1ccccc1)N(Cc1ccc(Cl)cc1Cl)C(=O)CN(c1cccc(Cl)c1)S(C)(=O)=O. The maximum atomic E-state index is 14.0. The Hall–Kier alpha value is -2.78. The second-order valence-corrected chi connectivity index (χ2v) is 12.5. The number of unbranched alkanes of at least 4 members (excludes halogenated alkanes) is 1. The van der Waals surface area contributed by atoms with Crippen LogP contribution in [0.25, 0.3) is 0 Å². The largest absolute Gasteiger partial charge is 0.354 e. The van der Waals surface area contributed by atoms with Gasteiger partial charge in [0.25, 0.3) is 0 Å². The Bertz CT molecular complexity index is 1420. The molecule has 0 aliphatic heterocycles. The fraction of sp³-hybridized carbons (Fsp3) is 0.310. The van der Waals surface area contributed by atoms with Gasteiger partial charge in [-0.1, -0.05) is 90.6 Å². The normalized spacial score (nSPS) is 12.0. The van der Waals surface area contributed by atoms with Crippen LogP contribution < -0.4 is 9.62 Å². The molecule has 0 radical (unpaired) electrons. The highest BCUT2D eigenvalue weighted by Crippen LogP contribution is 2.26. The Labute approximate surface area is 251 Å². The summed E-state index contributed by atoms with van der Waals surface area (Å²) in [4.78, 5) is 29.0. The predicted octanol–water partition coefficient (Wildman–Crippen LogP) is 5.97. The van der Waals surface area contributed by atoms with E-state index in [0.717, 1.165) is 29.0 Å². The van der Waals surface area contributed by atoms with Crippen molar-refractivity contribution in [3.05, 3.63) is 99.0 Å². The summed E-state index contributed by atoms with van der Waals surface area (Å²) in [6, 6.07) is 19.5. The molecule has 0 fully saturated rings. The van der Waals surface area contributed by atoms with Gasteiger partial charge < -0.3 is 10.2 Å². The molecule has 3 rings (SSSR count). The van der Waals surface area contributed by atoms with Gasteiger partial charge in [-0.2, -0.15) is 0 Å². The predicted molar refractivity (Wildman–Crippen MR) is 163 cm³/mol. The van der Waals surface area contributed by atoms with E-state index in [-0.39, 0.29) is 24.6 Å². The quantitative estimate of drug-likeness (QED) is 0.238. The molecule has 1 atom stereocenters. The standard InChI is InChI=1S/C29H32Cl3N3O4S/c1-3-4-15-33-29(37)27(16-21-9-6-5-7-10-21)34(19-22-13-14-24(31)18-26(22)32)28(36)20-35(40(2,38)39)25-12-8-11-23(30)17-25/h5-14,17-18,27H,3-4,15-16,19-20H2,1-2H3,(H,33,37). The van der Waals surface area contributed by atoms with E-state index < -0.39 is 28.5 Å². The highest BCUT2D eigenvalue weighted by atomic mass is 35.5. The summed E-state index contributed by atoms with van der Waals surface area (Å²) in [7, 11) is -3.89. The lowest BCUT2D eigenvalue weighted by Gasteiger charge is -2.33. The van der Waals surface area contributed by atoms with Gasteiger partial charge >= 0.3 is 0 Å². The van der Waals surface area contributed by atoms with Crippen molar-refractivity contribution in [2.75, 3.05) is 23.7 Å². The van der Waals surface area contributed by atoms with Crippen molar-refractivity contribution >= 4 is 62.3 Å². The summed E-state index contributed by atoms with van der Waals surface area (Å²) < 4.78 is 26.6. The van der Waals surface area contributed by atoms with E-state index in [9.17, 15) is 18.0 Å². The van der Waals surface area contributed by atoms with Crippen molar-refractivity contribution in [2.24, 2.45) is 0 Å². The Morgan fingerprint density at radius 1 is 0.925 bits per heavy atom. The van der Waals surface area contributed by atoms with Crippen LogP contribution in [0.15, 0.2) is 72.8 Å². The molecule has 1 unspecified atom stereocenters. The molecule has 0 saturated carbocycles. The molecule has 7 nitrogen and oxygen atoms in total. The van der Waals surface area contributed by atoms with Crippen LogP contribution in [0, 0.1) is 0 Å². The maximum absolute atomic E-state index is 14.0. The number of sulfonamides is 1. The summed E-state index contributed by atoms with van der Waals surface area (Å²) in [6.07, 6.45) is 2.89. The van der Waals surface area contributed by atoms with E-state index in [4.69, 9.17) is 34.8 Å². The Balaban J connectivity index is 2.06. The maximum Gasteiger partial charge on any atom is 0.244 e. The zero-order valence-corrected chi connectivity index (χ0v) is 25.4. The summed E-state index contributed by atoms with van der Waals surface area (Å²) in [6.45, 7) is 1.88. The van der Waals surface area contributed by atoms with Crippen molar-refractivity contribution in [3.8, 4) is 0 Å². The van der Waals surface area contributed by atoms with E-state index in [1.165, 1.54) is 11.0 Å². The number of carbonyl (C=O) groups excluding carboxylic acids is 2. The smallest absolute Gasteiger partial charge is 0.244 e. The minimum atomic E-state index is -3.89. The lowest BCUT2D eigenvalue weighted by atomic mass is 10.0. The van der Waals surface area contributed by atoms with Crippen molar-refractivity contribution < 1.29 is 18.0 Å². The number of hydrogen-bond donors (Lipinski definition) is 1. The van der Waals surface area contributed by atoms with E-state index in [2.05, 4.69) is 5.32 Å². The zero-order valence-electron chi connectivity index (χ0n) is 22.3. The Morgan fingerprint density at radius 3 is 2.25 bits per heavy atom. The first kappa shape index (κ1) is 31.7. The lowest BCUT2D eigenvalue weighted by Crippen LogP contribution is -2.53. The zero-order chi connectivity index (χ0) is 29.3. The van der Waals surface area contributed by atoms with Crippen molar-refractivity contribution in [3.63, 3.8) is 0 Å². The third kappa shape index (κ3) is 9.13. The highest BCUT2D eigenvalue weighted by Gasteiger charge is 2.33. The average molecular weight is 625 g/mol. The van der Waals surface area contributed by atoms with Crippen molar-refractivity contribution in [1.29, 1.82) is 0 Å². The van der Waals surface area contributed by atoms with Gasteiger partial charge in [0.15, 0.2) is 0 Å². The molecule has 3 aromatic rings. The van der Waals surface area contributed by atoms with Gasteiger partial charge in [0.05, 0.1) is 11.9 Å². The van der Waals surface area contributed by atoms with Gasteiger partial charge in [0, 0.05) is 34.6 Å². The van der Waals surface area contributed by atoms with E-state index >= 15 is 0 Å². The van der Waals surface area contributed by atoms with Gasteiger partial charge in [0.1, 0.15) is 12.6 Å². The molecule has 214 valence electrons. The van der Waals surface area contributed by atoms with Crippen LogP contribution in [-0.2, 0) is 32.6 Å². The molecule has 11 heteroatoms. The Morgan fingerprint density at radius 2 is 1.62 bits per heavy atom. The minimum absolute atomic E-state index is 0.0410. The first-order chi connectivity index (χ1) is 19.0.